The van der Waals surface area contributed by atoms with Crippen molar-refractivity contribution in [3.63, 3.8) is 0 Å². The topological polar surface area (TPSA) is 88.5 Å². The molecule has 0 aliphatic carbocycles. The third-order valence-electron chi connectivity index (χ3n) is 1.79. The lowest BCUT2D eigenvalue weighted by Crippen LogP contribution is -2.27. The SMILES string of the molecule is O=C(Cn1ccnn1)NCc1ncc[nH]1. The second-order valence-corrected chi connectivity index (χ2v) is 2.91. The number of nitrogens with zero attached hydrogens (tertiary/aromatic N) is 4. The number of nitrogens with one attached hydrogen (secondary N) is 2. The van der Waals surface area contributed by atoms with Crippen molar-refractivity contribution in [3.8, 4) is 0 Å². The first kappa shape index (κ1) is 9.38. The van der Waals surface area contributed by atoms with Gasteiger partial charge in [0.15, 0.2) is 0 Å². The van der Waals surface area contributed by atoms with Crippen LogP contribution in [0.5, 0.6) is 0 Å². The van der Waals surface area contributed by atoms with E-state index < -0.39 is 0 Å². The maximum absolute atomic E-state index is 11.4. The number of hydrogen-bond acceptors (Lipinski definition) is 4. The molecule has 7 heteroatoms. The van der Waals surface area contributed by atoms with Crippen LogP contribution >= 0.6 is 0 Å². The fourth-order valence-electron chi connectivity index (χ4n) is 1.10. The average molecular weight is 206 g/mol. The summed E-state index contributed by atoms with van der Waals surface area (Å²) in [5.41, 5.74) is 0. The summed E-state index contributed by atoms with van der Waals surface area (Å²) < 4.78 is 1.46. The first-order valence-electron chi connectivity index (χ1n) is 4.43. The van der Waals surface area contributed by atoms with Crippen molar-refractivity contribution in [2.45, 2.75) is 13.1 Å². The summed E-state index contributed by atoms with van der Waals surface area (Å²) in [5.74, 6) is 0.596. The van der Waals surface area contributed by atoms with Crippen LogP contribution in [0.3, 0.4) is 0 Å². The summed E-state index contributed by atoms with van der Waals surface area (Å²) in [6.07, 6.45) is 6.50. The lowest BCUT2D eigenvalue weighted by atomic mass is 10.5. The van der Waals surface area contributed by atoms with E-state index in [-0.39, 0.29) is 12.5 Å². The second-order valence-electron chi connectivity index (χ2n) is 2.91. The fraction of sp³-hybridized carbons (Fsp3) is 0.250. The molecule has 0 unspecified atom stereocenters. The lowest BCUT2D eigenvalue weighted by Gasteiger charge is -2.02. The number of amides is 1. The predicted octanol–water partition coefficient (Wildman–Crippen LogP) is -0.682. The van der Waals surface area contributed by atoms with E-state index in [0.717, 1.165) is 5.82 Å². The molecule has 0 bridgehead atoms. The predicted molar refractivity (Wildman–Crippen MR) is 50.5 cm³/mol. The lowest BCUT2D eigenvalue weighted by molar-refractivity contribution is -0.122. The number of carbonyl (C=O) groups excluding carboxylic acids is 1. The molecule has 0 radical (unpaired) electrons. The number of H-pyrrole nitrogens is 1. The van der Waals surface area contributed by atoms with Crippen LogP contribution < -0.4 is 5.32 Å². The molecule has 2 heterocycles. The largest absolute Gasteiger partial charge is 0.347 e. The number of rotatable bonds is 4. The highest BCUT2D eigenvalue weighted by atomic mass is 16.2. The highest BCUT2D eigenvalue weighted by Crippen LogP contribution is 1.87. The van der Waals surface area contributed by atoms with E-state index in [1.165, 1.54) is 10.9 Å². The van der Waals surface area contributed by atoms with Crippen molar-refractivity contribution in [2.75, 3.05) is 0 Å². The Morgan fingerprint density at radius 1 is 1.53 bits per heavy atom. The maximum atomic E-state index is 11.4. The molecule has 0 aromatic carbocycles. The van der Waals surface area contributed by atoms with E-state index in [4.69, 9.17) is 0 Å². The van der Waals surface area contributed by atoms with E-state index in [9.17, 15) is 4.79 Å². The minimum absolute atomic E-state index is 0.128. The second kappa shape index (κ2) is 4.36. The summed E-state index contributed by atoms with van der Waals surface area (Å²) in [5, 5.41) is 9.99. The van der Waals surface area contributed by atoms with Crippen molar-refractivity contribution in [2.24, 2.45) is 0 Å². The summed E-state index contributed by atoms with van der Waals surface area (Å²) in [6.45, 7) is 0.557. The highest BCUT2D eigenvalue weighted by Gasteiger charge is 2.03. The van der Waals surface area contributed by atoms with Crippen LogP contribution in [0.4, 0.5) is 0 Å². The summed E-state index contributed by atoms with van der Waals surface area (Å²) in [7, 11) is 0. The molecule has 2 aromatic rings. The van der Waals surface area contributed by atoms with Crippen LogP contribution in [0, 0.1) is 0 Å². The first-order chi connectivity index (χ1) is 7.34. The van der Waals surface area contributed by atoms with Gasteiger partial charge >= 0.3 is 0 Å². The van der Waals surface area contributed by atoms with Gasteiger partial charge in [-0.2, -0.15) is 0 Å². The van der Waals surface area contributed by atoms with Gasteiger partial charge in [0.1, 0.15) is 12.4 Å². The number of hydrogen-bond donors (Lipinski definition) is 2. The van der Waals surface area contributed by atoms with Crippen LogP contribution in [0.15, 0.2) is 24.8 Å². The Labute approximate surface area is 85.5 Å². The van der Waals surface area contributed by atoms with Crippen LogP contribution in [0.25, 0.3) is 0 Å². The van der Waals surface area contributed by atoms with Gasteiger partial charge in [0.2, 0.25) is 5.91 Å². The Balaban J connectivity index is 1.78. The summed E-state index contributed by atoms with van der Waals surface area (Å²) in [4.78, 5) is 18.2. The van der Waals surface area contributed by atoms with Crippen molar-refractivity contribution >= 4 is 5.91 Å². The molecule has 0 aliphatic heterocycles. The number of aromatic amines is 1. The Hall–Kier alpha value is -2.18. The standard InChI is InChI=1S/C8H10N6O/c15-8(6-14-4-3-12-13-14)11-5-7-9-1-2-10-7/h1-4H,5-6H2,(H,9,10)(H,11,15). The number of carbonyl (C=O) groups is 1. The van der Waals surface area contributed by atoms with Gasteiger partial charge in [0.25, 0.3) is 0 Å². The zero-order valence-corrected chi connectivity index (χ0v) is 7.92. The van der Waals surface area contributed by atoms with E-state index in [0.29, 0.717) is 6.54 Å². The number of imidazole rings is 1. The minimum Gasteiger partial charge on any atom is -0.347 e. The molecular weight excluding hydrogens is 196 g/mol. The zero-order chi connectivity index (χ0) is 10.5. The molecular formula is C8H10N6O. The molecule has 0 spiro atoms. The van der Waals surface area contributed by atoms with Crippen LogP contribution in [-0.2, 0) is 17.9 Å². The van der Waals surface area contributed by atoms with Gasteiger partial charge in [0, 0.05) is 18.6 Å². The van der Waals surface area contributed by atoms with Gasteiger partial charge in [-0.1, -0.05) is 5.21 Å². The average Bonchev–Trinajstić information content (AvgIpc) is 2.86. The zero-order valence-electron chi connectivity index (χ0n) is 7.92. The summed E-state index contributed by atoms with van der Waals surface area (Å²) in [6, 6.07) is 0. The highest BCUT2D eigenvalue weighted by molar-refractivity contribution is 5.75. The maximum Gasteiger partial charge on any atom is 0.242 e. The molecule has 0 saturated heterocycles. The number of aromatic nitrogens is 5. The van der Waals surface area contributed by atoms with E-state index >= 15 is 0 Å². The molecule has 0 fully saturated rings. The van der Waals surface area contributed by atoms with E-state index in [1.807, 2.05) is 0 Å². The van der Waals surface area contributed by atoms with Gasteiger partial charge in [-0.25, -0.2) is 9.67 Å². The van der Waals surface area contributed by atoms with Crippen LogP contribution in [-0.4, -0.2) is 30.9 Å². The molecule has 0 saturated carbocycles. The molecule has 2 N–H and O–H groups in total. The van der Waals surface area contributed by atoms with E-state index in [1.54, 1.807) is 18.6 Å². The molecule has 1 amide bonds. The van der Waals surface area contributed by atoms with E-state index in [2.05, 4.69) is 25.6 Å². The smallest absolute Gasteiger partial charge is 0.242 e. The Morgan fingerprint density at radius 2 is 2.47 bits per heavy atom. The van der Waals surface area contributed by atoms with Gasteiger partial charge in [-0.15, -0.1) is 5.10 Å². The molecule has 2 aromatic heterocycles. The first-order valence-corrected chi connectivity index (χ1v) is 4.43. The normalized spacial score (nSPS) is 10.1. The van der Waals surface area contributed by atoms with Gasteiger partial charge in [-0.3, -0.25) is 4.79 Å². The molecule has 15 heavy (non-hydrogen) atoms. The molecule has 78 valence electrons. The van der Waals surface area contributed by atoms with Crippen molar-refractivity contribution < 1.29 is 4.79 Å². The molecule has 0 atom stereocenters. The monoisotopic (exact) mass is 206 g/mol. The third kappa shape index (κ3) is 2.63. The van der Waals surface area contributed by atoms with Gasteiger partial charge in [-0.05, 0) is 0 Å². The Morgan fingerprint density at radius 3 is 3.13 bits per heavy atom. The minimum atomic E-state index is -0.128. The van der Waals surface area contributed by atoms with Crippen LogP contribution in [0.2, 0.25) is 0 Å². The van der Waals surface area contributed by atoms with Crippen molar-refractivity contribution in [3.05, 3.63) is 30.6 Å². The third-order valence-corrected chi connectivity index (χ3v) is 1.79. The van der Waals surface area contributed by atoms with Gasteiger partial charge < -0.3 is 10.3 Å². The Kier molecular flexibility index (Phi) is 2.72. The van der Waals surface area contributed by atoms with Crippen molar-refractivity contribution in [1.29, 1.82) is 0 Å². The quantitative estimate of drug-likeness (QED) is 0.693. The van der Waals surface area contributed by atoms with Crippen molar-refractivity contribution in [1.82, 2.24) is 30.3 Å². The summed E-state index contributed by atoms with van der Waals surface area (Å²) >= 11 is 0. The molecule has 2 rings (SSSR count). The fourth-order valence-corrected chi connectivity index (χ4v) is 1.10. The molecule has 0 aliphatic rings. The molecule has 7 nitrogen and oxygen atoms in total. The van der Waals surface area contributed by atoms with Gasteiger partial charge in [0.05, 0.1) is 12.7 Å². The Bertz CT molecular complexity index is 406. The van der Waals surface area contributed by atoms with Crippen LogP contribution in [0.1, 0.15) is 5.82 Å².